The average molecular weight is 248 g/mol. The molecule has 2 heterocycles. The summed E-state index contributed by atoms with van der Waals surface area (Å²) in [7, 11) is 0. The minimum atomic E-state index is 0.519. The van der Waals surface area contributed by atoms with Gasteiger partial charge in [0.25, 0.3) is 0 Å². The molecule has 17 heavy (non-hydrogen) atoms. The van der Waals surface area contributed by atoms with Crippen LogP contribution >= 0.6 is 11.3 Å². The van der Waals surface area contributed by atoms with Crippen LogP contribution in [0.3, 0.4) is 0 Å². The molecule has 0 aliphatic heterocycles. The minimum absolute atomic E-state index is 0.519. The Kier molecular flexibility index (Phi) is 4.17. The van der Waals surface area contributed by atoms with Crippen LogP contribution in [0.25, 0.3) is 10.8 Å². The molecule has 0 aliphatic carbocycles. The van der Waals surface area contributed by atoms with Gasteiger partial charge in [0.05, 0.1) is 5.69 Å². The zero-order valence-electron chi connectivity index (χ0n) is 10.1. The smallest absolute Gasteiger partial charge is 0.188 e. The molecule has 0 saturated carbocycles. The third-order valence-corrected chi connectivity index (χ3v) is 3.13. The Balaban J connectivity index is 1.97. The quantitative estimate of drug-likeness (QED) is 0.880. The maximum atomic E-state index is 4.53. The first-order chi connectivity index (χ1) is 8.25. The van der Waals surface area contributed by atoms with E-state index in [0.717, 1.165) is 23.7 Å². The van der Waals surface area contributed by atoms with Gasteiger partial charge in [-0.05, 0) is 6.07 Å². The van der Waals surface area contributed by atoms with Crippen molar-refractivity contribution in [2.24, 2.45) is 0 Å². The summed E-state index contributed by atoms with van der Waals surface area (Å²) in [6.07, 6.45) is 4.43. The van der Waals surface area contributed by atoms with Crippen molar-refractivity contribution in [2.75, 3.05) is 6.54 Å². The lowest BCUT2D eigenvalue weighted by Crippen LogP contribution is -2.24. The first-order valence-electron chi connectivity index (χ1n) is 5.71. The van der Waals surface area contributed by atoms with Gasteiger partial charge >= 0.3 is 0 Å². The van der Waals surface area contributed by atoms with Gasteiger partial charge in [-0.15, -0.1) is 11.3 Å². The van der Waals surface area contributed by atoms with Crippen LogP contribution in [0.2, 0.25) is 0 Å². The van der Waals surface area contributed by atoms with Crippen molar-refractivity contribution in [1.82, 2.24) is 20.3 Å². The summed E-state index contributed by atoms with van der Waals surface area (Å²) in [5.74, 6) is 0.709. The third-order valence-electron chi connectivity index (χ3n) is 2.24. The lowest BCUT2D eigenvalue weighted by atomic mass is 10.3. The monoisotopic (exact) mass is 248 g/mol. The molecule has 0 bridgehead atoms. The van der Waals surface area contributed by atoms with Gasteiger partial charge in [-0.2, -0.15) is 0 Å². The minimum Gasteiger partial charge on any atom is -0.314 e. The average Bonchev–Trinajstić information content (AvgIpc) is 2.78. The van der Waals surface area contributed by atoms with Crippen LogP contribution in [-0.2, 0) is 6.42 Å². The van der Waals surface area contributed by atoms with Gasteiger partial charge in [0, 0.05) is 36.8 Å². The molecule has 2 aromatic heterocycles. The Bertz CT molecular complexity index is 453. The molecule has 0 radical (unpaired) electrons. The van der Waals surface area contributed by atoms with Gasteiger partial charge in [0.1, 0.15) is 0 Å². The van der Waals surface area contributed by atoms with Crippen LogP contribution in [0.4, 0.5) is 0 Å². The lowest BCUT2D eigenvalue weighted by Gasteiger charge is -2.05. The number of rotatable bonds is 5. The molecule has 0 spiro atoms. The standard InChI is InChI=1S/C12H16N4S/c1-9(2)13-7-4-10-8-17-12(16-10)11-14-5-3-6-15-11/h3,5-6,8-9,13H,4,7H2,1-2H3. The number of nitrogens with one attached hydrogen (secondary N) is 1. The Labute approximate surface area is 105 Å². The van der Waals surface area contributed by atoms with E-state index in [1.807, 2.05) is 6.07 Å². The molecule has 0 unspecified atom stereocenters. The third kappa shape index (κ3) is 3.57. The lowest BCUT2D eigenvalue weighted by molar-refractivity contribution is 0.588. The van der Waals surface area contributed by atoms with Crippen LogP contribution in [-0.4, -0.2) is 27.5 Å². The number of hydrogen-bond donors (Lipinski definition) is 1. The SMILES string of the molecule is CC(C)NCCc1csc(-c2ncccn2)n1. The molecule has 0 aliphatic rings. The normalized spacial score (nSPS) is 11.0. The second kappa shape index (κ2) is 5.84. The molecule has 1 N–H and O–H groups in total. The fraction of sp³-hybridized carbons (Fsp3) is 0.417. The van der Waals surface area contributed by atoms with Gasteiger partial charge < -0.3 is 5.32 Å². The first kappa shape index (κ1) is 12.1. The summed E-state index contributed by atoms with van der Waals surface area (Å²) in [6.45, 7) is 5.24. The Morgan fingerprint density at radius 3 is 2.76 bits per heavy atom. The molecule has 0 atom stereocenters. The highest BCUT2D eigenvalue weighted by Gasteiger charge is 2.06. The van der Waals surface area contributed by atoms with Crippen molar-refractivity contribution in [1.29, 1.82) is 0 Å². The second-order valence-electron chi connectivity index (χ2n) is 4.08. The maximum Gasteiger partial charge on any atom is 0.188 e. The highest BCUT2D eigenvalue weighted by atomic mass is 32.1. The Hall–Kier alpha value is -1.33. The number of hydrogen-bond acceptors (Lipinski definition) is 5. The fourth-order valence-electron chi connectivity index (χ4n) is 1.42. The number of nitrogens with zero attached hydrogens (tertiary/aromatic N) is 3. The zero-order chi connectivity index (χ0) is 12.1. The van der Waals surface area contributed by atoms with E-state index in [-0.39, 0.29) is 0 Å². The molecule has 0 fully saturated rings. The van der Waals surface area contributed by atoms with E-state index < -0.39 is 0 Å². The molecule has 5 heteroatoms. The van der Waals surface area contributed by atoms with E-state index in [1.54, 1.807) is 23.7 Å². The van der Waals surface area contributed by atoms with E-state index in [2.05, 4.69) is 39.5 Å². The highest BCUT2D eigenvalue weighted by Crippen LogP contribution is 2.19. The molecular weight excluding hydrogens is 232 g/mol. The summed E-state index contributed by atoms with van der Waals surface area (Å²) in [6, 6.07) is 2.33. The van der Waals surface area contributed by atoms with Crippen molar-refractivity contribution < 1.29 is 0 Å². The molecule has 4 nitrogen and oxygen atoms in total. The Morgan fingerprint density at radius 2 is 2.06 bits per heavy atom. The predicted molar refractivity (Wildman–Crippen MR) is 70.0 cm³/mol. The topological polar surface area (TPSA) is 50.7 Å². The summed E-state index contributed by atoms with van der Waals surface area (Å²) in [5, 5.41) is 6.35. The molecular formula is C12H16N4S. The van der Waals surface area contributed by atoms with Gasteiger partial charge in [-0.3, -0.25) is 0 Å². The van der Waals surface area contributed by atoms with Crippen molar-refractivity contribution in [3.63, 3.8) is 0 Å². The van der Waals surface area contributed by atoms with Gasteiger partial charge in [-0.25, -0.2) is 15.0 Å². The first-order valence-corrected chi connectivity index (χ1v) is 6.59. The van der Waals surface area contributed by atoms with E-state index >= 15 is 0 Å². The molecule has 2 aromatic rings. The highest BCUT2D eigenvalue weighted by molar-refractivity contribution is 7.13. The van der Waals surface area contributed by atoms with Crippen molar-refractivity contribution >= 4 is 11.3 Å². The van der Waals surface area contributed by atoms with Crippen LogP contribution in [0.5, 0.6) is 0 Å². The van der Waals surface area contributed by atoms with E-state index in [4.69, 9.17) is 0 Å². The Morgan fingerprint density at radius 1 is 1.29 bits per heavy atom. The van der Waals surface area contributed by atoms with E-state index in [0.29, 0.717) is 11.9 Å². The molecule has 0 saturated heterocycles. The predicted octanol–water partition coefficient (Wildman–Crippen LogP) is 2.14. The zero-order valence-corrected chi connectivity index (χ0v) is 10.9. The summed E-state index contributed by atoms with van der Waals surface area (Å²) in [5.41, 5.74) is 1.10. The maximum absolute atomic E-state index is 4.53. The van der Waals surface area contributed by atoms with Crippen LogP contribution < -0.4 is 5.32 Å². The van der Waals surface area contributed by atoms with E-state index in [9.17, 15) is 0 Å². The number of aromatic nitrogens is 3. The molecule has 90 valence electrons. The van der Waals surface area contributed by atoms with Gasteiger partial charge in [0.2, 0.25) is 0 Å². The molecule has 0 aromatic carbocycles. The summed E-state index contributed by atoms with van der Waals surface area (Å²) in [4.78, 5) is 12.9. The summed E-state index contributed by atoms with van der Waals surface area (Å²) < 4.78 is 0. The largest absolute Gasteiger partial charge is 0.314 e. The van der Waals surface area contributed by atoms with E-state index in [1.165, 1.54) is 0 Å². The van der Waals surface area contributed by atoms with Crippen LogP contribution in [0.15, 0.2) is 23.8 Å². The summed E-state index contributed by atoms with van der Waals surface area (Å²) >= 11 is 1.60. The second-order valence-corrected chi connectivity index (χ2v) is 4.93. The van der Waals surface area contributed by atoms with Crippen LogP contribution in [0.1, 0.15) is 19.5 Å². The van der Waals surface area contributed by atoms with Crippen LogP contribution in [0, 0.1) is 0 Å². The number of thiazole rings is 1. The van der Waals surface area contributed by atoms with Gasteiger partial charge in [-0.1, -0.05) is 13.8 Å². The fourth-order valence-corrected chi connectivity index (χ4v) is 2.22. The van der Waals surface area contributed by atoms with Gasteiger partial charge in [0.15, 0.2) is 10.8 Å². The van der Waals surface area contributed by atoms with Crippen molar-refractivity contribution in [2.45, 2.75) is 26.3 Å². The van der Waals surface area contributed by atoms with Crippen molar-refractivity contribution in [3.05, 3.63) is 29.5 Å². The molecule has 2 rings (SSSR count). The van der Waals surface area contributed by atoms with Crippen molar-refractivity contribution in [3.8, 4) is 10.8 Å². The molecule has 0 amide bonds.